The Hall–Kier alpha value is -1.51. The molecule has 0 unspecified atom stereocenters. The summed E-state index contributed by atoms with van der Waals surface area (Å²) in [5.41, 5.74) is 3.38. The van der Waals surface area contributed by atoms with Crippen LogP contribution in [0, 0.1) is 0 Å². The van der Waals surface area contributed by atoms with Crippen LogP contribution < -0.4 is 5.32 Å². The molecule has 0 bridgehead atoms. The first-order valence-electron chi connectivity index (χ1n) is 6.50. The van der Waals surface area contributed by atoms with E-state index in [4.69, 9.17) is 11.6 Å². The van der Waals surface area contributed by atoms with Crippen molar-refractivity contribution in [3.63, 3.8) is 0 Å². The molecular formula is C16H16ClNO. The molecule has 0 saturated carbocycles. The summed E-state index contributed by atoms with van der Waals surface area (Å²) in [6.07, 6.45) is 1.05. The second kappa shape index (κ2) is 5.24. The zero-order valence-electron chi connectivity index (χ0n) is 10.5. The summed E-state index contributed by atoms with van der Waals surface area (Å²) in [7, 11) is 0. The van der Waals surface area contributed by atoms with E-state index in [0.29, 0.717) is 12.8 Å². The first-order valence-corrected chi connectivity index (χ1v) is 6.88. The lowest BCUT2D eigenvalue weighted by molar-refractivity contribution is 0.161. The van der Waals surface area contributed by atoms with Gasteiger partial charge in [-0.3, -0.25) is 0 Å². The van der Waals surface area contributed by atoms with E-state index in [9.17, 15) is 5.11 Å². The van der Waals surface area contributed by atoms with Crippen LogP contribution in [0.15, 0.2) is 48.5 Å². The minimum Gasteiger partial charge on any atom is -0.393 e. The Balaban J connectivity index is 1.95. The number of fused-ring (bicyclic) bond motifs is 1. The minimum absolute atomic E-state index is 0.0948. The molecule has 2 N–H and O–H groups in total. The molecule has 0 saturated heterocycles. The molecule has 2 aromatic carbocycles. The summed E-state index contributed by atoms with van der Waals surface area (Å²) in [6.45, 7) is 0. The van der Waals surface area contributed by atoms with Crippen molar-refractivity contribution < 1.29 is 5.11 Å². The quantitative estimate of drug-likeness (QED) is 0.828. The average Bonchev–Trinajstić information content (AvgIpc) is 2.56. The van der Waals surface area contributed by atoms with Crippen molar-refractivity contribution in [2.24, 2.45) is 0 Å². The summed E-state index contributed by atoms with van der Waals surface area (Å²) in [4.78, 5) is 0. The molecule has 0 amide bonds. The van der Waals surface area contributed by atoms with Crippen LogP contribution in [0.5, 0.6) is 0 Å². The maximum Gasteiger partial charge on any atom is 0.0604 e. The average molecular weight is 274 g/mol. The van der Waals surface area contributed by atoms with Crippen molar-refractivity contribution >= 4 is 17.3 Å². The van der Waals surface area contributed by atoms with Crippen LogP contribution in [0.25, 0.3) is 0 Å². The Morgan fingerprint density at radius 3 is 2.79 bits per heavy atom. The van der Waals surface area contributed by atoms with Gasteiger partial charge >= 0.3 is 0 Å². The van der Waals surface area contributed by atoms with E-state index in [1.807, 2.05) is 36.4 Å². The molecule has 1 aliphatic rings. The molecule has 3 rings (SSSR count). The Bertz CT molecular complexity index is 584. The highest BCUT2D eigenvalue weighted by Gasteiger charge is 2.22. The van der Waals surface area contributed by atoms with Crippen molar-refractivity contribution in [3.05, 3.63) is 64.7 Å². The molecule has 0 spiro atoms. The highest BCUT2D eigenvalue weighted by molar-refractivity contribution is 6.30. The Labute approximate surface area is 118 Å². The summed E-state index contributed by atoms with van der Waals surface area (Å²) in [5.74, 6) is 0. The van der Waals surface area contributed by atoms with Gasteiger partial charge in [-0.2, -0.15) is 0 Å². The molecule has 2 atom stereocenters. The third-order valence-electron chi connectivity index (χ3n) is 3.56. The number of anilines is 1. The molecule has 0 aromatic heterocycles. The molecule has 1 heterocycles. The number of aliphatic hydroxyl groups is 1. The zero-order valence-corrected chi connectivity index (χ0v) is 11.3. The van der Waals surface area contributed by atoms with Crippen molar-refractivity contribution in [3.8, 4) is 0 Å². The number of hydrogen-bond acceptors (Lipinski definition) is 2. The molecule has 0 aliphatic carbocycles. The van der Waals surface area contributed by atoms with Crippen molar-refractivity contribution in [2.75, 3.05) is 5.32 Å². The maximum atomic E-state index is 10.2. The van der Waals surface area contributed by atoms with Crippen LogP contribution in [0.1, 0.15) is 23.6 Å². The molecule has 0 fully saturated rings. The topological polar surface area (TPSA) is 32.3 Å². The van der Waals surface area contributed by atoms with Gasteiger partial charge < -0.3 is 10.4 Å². The van der Waals surface area contributed by atoms with Gasteiger partial charge in [-0.15, -0.1) is 0 Å². The fourth-order valence-electron chi connectivity index (χ4n) is 2.64. The third kappa shape index (κ3) is 2.75. The number of aliphatic hydroxyl groups excluding tert-OH is 1. The number of rotatable bonds is 1. The van der Waals surface area contributed by atoms with Crippen molar-refractivity contribution in [1.29, 1.82) is 0 Å². The van der Waals surface area contributed by atoms with Gasteiger partial charge in [-0.1, -0.05) is 41.9 Å². The molecule has 98 valence electrons. The van der Waals surface area contributed by atoms with Crippen LogP contribution in [0.2, 0.25) is 5.02 Å². The molecule has 1 aliphatic heterocycles. The zero-order chi connectivity index (χ0) is 13.2. The lowest BCUT2D eigenvalue weighted by atomic mass is 10.00. The fraction of sp³-hybridized carbons (Fsp3) is 0.250. The van der Waals surface area contributed by atoms with Crippen molar-refractivity contribution in [1.82, 2.24) is 0 Å². The smallest absolute Gasteiger partial charge is 0.0604 e. The Morgan fingerprint density at radius 1 is 1.11 bits per heavy atom. The summed E-state index contributed by atoms with van der Waals surface area (Å²) in [5, 5.41) is 14.4. The first kappa shape index (κ1) is 12.5. The van der Waals surface area contributed by atoms with Crippen molar-refractivity contribution in [2.45, 2.75) is 25.0 Å². The first-order chi connectivity index (χ1) is 9.22. The van der Waals surface area contributed by atoms with Gasteiger partial charge in [0.2, 0.25) is 0 Å². The second-order valence-corrected chi connectivity index (χ2v) is 5.44. The summed E-state index contributed by atoms with van der Waals surface area (Å²) < 4.78 is 0. The van der Waals surface area contributed by atoms with E-state index in [1.54, 1.807) is 0 Å². The lowest BCUT2D eigenvalue weighted by Gasteiger charge is -2.20. The normalized spacial score (nSPS) is 22.2. The highest BCUT2D eigenvalue weighted by Crippen LogP contribution is 2.32. The fourth-order valence-corrected chi connectivity index (χ4v) is 2.84. The van der Waals surface area contributed by atoms with Crippen LogP contribution in [0.3, 0.4) is 0 Å². The summed E-state index contributed by atoms with van der Waals surface area (Å²) >= 11 is 6.05. The number of benzene rings is 2. The summed E-state index contributed by atoms with van der Waals surface area (Å²) in [6, 6.07) is 16.1. The predicted octanol–water partition coefficient (Wildman–Crippen LogP) is 3.80. The third-order valence-corrected chi connectivity index (χ3v) is 3.80. The predicted molar refractivity (Wildman–Crippen MR) is 78.6 cm³/mol. The van der Waals surface area contributed by atoms with Gasteiger partial charge in [0.25, 0.3) is 0 Å². The van der Waals surface area contributed by atoms with Crippen LogP contribution in [-0.2, 0) is 6.42 Å². The standard InChI is InChI=1S/C16H16ClNO/c17-13-6-3-5-11(8-13)16-10-14(19)9-12-4-1-2-7-15(12)18-16/h1-8,14,16,18-19H,9-10H2/t14-,16+/m1/s1. The van der Waals surface area contributed by atoms with Gasteiger partial charge in [0.05, 0.1) is 12.1 Å². The minimum atomic E-state index is -0.333. The van der Waals surface area contributed by atoms with Crippen LogP contribution >= 0.6 is 11.6 Å². The van der Waals surface area contributed by atoms with Gasteiger partial charge in [0.1, 0.15) is 0 Å². The highest BCUT2D eigenvalue weighted by atomic mass is 35.5. The molecular weight excluding hydrogens is 258 g/mol. The van der Waals surface area contributed by atoms with Gasteiger partial charge in [-0.05, 0) is 35.7 Å². The van der Waals surface area contributed by atoms with E-state index in [2.05, 4.69) is 17.4 Å². The monoisotopic (exact) mass is 273 g/mol. The molecule has 3 heteroatoms. The van der Waals surface area contributed by atoms with E-state index >= 15 is 0 Å². The maximum absolute atomic E-state index is 10.2. The number of para-hydroxylation sites is 1. The molecule has 0 radical (unpaired) electrons. The number of halogens is 1. The van der Waals surface area contributed by atoms with E-state index < -0.39 is 0 Å². The number of hydrogen-bond donors (Lipinski definition) is 2. The SMILES string of the molecule is O[C@@H]1Cc2ccccc2N[C@H](c2cccc(Cl)c2)C1. The van der Waals surface area contributed by atoms with E-state index in [0.717, 1.165) is 16.3 Å². The second-order valence-electron chi connectivity index (χ2n) is 5.00. The largest absolute Gasteiger partial charge is 0.393 e. The molecule has 2 aromatic rings. The lowest BCUT2D eigenvalue weighted by Crippen LogP contribution is -2.16. The van der Waals surface area contributed by atoms with Gasteiger partial charge in [-0.25, -0.2) is 0 Å². The van der Waals surface area contributed by atoms with E-state index in [-0.39, 0.29) is 12.1 Å². The van der Waals surface area contributed by atoms with Crippen LogP contribution in [0.4, 0.5) is 5.69 Å². The van der Waals surface area contributed by atoms with Crippen LogP contribution in [-0.4, -0.2) is 11.2 Å². The molecule has 2 nitrogen and oxygen atoms in total. The number of nitrogens with one attached hydrogen (secondary N) is 1. The Morgan fingerprint density at radius 2 is 1.95 bits per heavy atom. The van der Waals surface area contributed by atoms with E-state index in [1.165, 1.54) is 5.56 Å². The Kier molecular flexibility index (Phi) is 3.45. The van der Waals surface area contributed by atoms with Gasteiger partial charge in [0, 0.05) is 17.1 Å². The molecule has 19 heavy (non-hydrogen) atoms. The van der Waals surface area contributed by atoms with Gasteiger partial charge in [0.15, 0.2) is 0 Å².